The van der Waals surface area contributed by atoms with Gasteiger partial charge in [0.25, 0.3) is 17.9 Å². The van der Waals surface area contributed by atoms with Gasteiger partial charge in [-0.3, -0.25) is 14.1 Å². The predicted octanol–water partition coefficient (Wildman–Crippen LogP) is -0.765. The summed E-state index contributed by atoms with van der Waals surface area (Å²) in [7, 11) is -5.03. The summed E-state index contributed by atoms with van der Waals surface area (Å²) in [6, 6.07) is 5.41. The number of ether oxygens (including phenoxy) is 1. The Morgan fingerprint density at radius 3 is 2.53 bits per heavy atom. The molecule has 4 heterocycles. The van der Waals surface area contributed by atoms with Crippen LogP contribution in [0.5, 0.6) is 5.75 Å². The van der Waals surface area contributed by atoms with Crippen molar-refractivity contribution >= 4 is 50.4 Å². The number of nitrogens with two attached hydrogens (primary N) is 2. The number of β-lactam (4-membered cyclic amide) rings is 1. The van der Waals surface area contributed by atoms with Crippen molar-refractivity contribution in [3.63, 3.8) is 0 Å². The molecule has 0 saturated carbocycles. The highest BCUT2D eigenvalue weighted by Gasteiger charge is 2.58. The molecule has 8 N–H and O–H groups in total. The van der Waals surface area contributed by atoms with Gasteiger partial charge in [0.15, 0.2) is 16.5 Å². The molecule has 22 heteroatoms. The lowest BCUT2D eigenvalue weighted by Crippen LogP contribution is -2.76. The van der Waals surface area contributed by atoms with Gasteiger partial charge in [-0.05, 0) is 44.5 Å². The van der Waals surface area contributed by atoms with Gasteiger partial charge in [-0.1, -0.05) is 17.3 Å². The van der Waals surface area contributed by atoms with Crippen LogP contribution in [0.2, 0.25) is 0 Å². The summed E-state index contributed by atoms with van der Waals surface area (Å²) in [5.41, 5.74) is 9.61. The van der Waals surface area contributed by atoms with Crippen molar-refractivity contribution in [3.05, 3.63) is 47.7 Å². The van der Waals surface area contributed by atoms with Crippen molar-refractivity contribution in [2.45, 2.75) is 56.7 Å². The van der Waals surface area contributed by atoms with Crippen LogP contribution < -0.4 is 31.5 Å². The van der Waals surface area contributed by atoms with Gasteiger partial charge >= 0.3 is 16.4 Å². The highest BCUT2D eigenvalue weighted by Crippen LogP contribution is 2.33. The van der Waals surface area contributed by atoms with E-state index in [1.807, 2.05) is 21.8 Å². The number of carbonyl (C=O) groups excluding carboxylic acids is 2. The number of aliphatic carboxylic acids is 1. The Morgan fingerprint density at radius 1 is 1.27 bits per heavy atom. The lowest BCUT2D eigenvalue weighted by molar-refractivity contribution is -0.784. The number of hydrogen-bond donors (Lipinski definition) is 6. The third kappa shape index (κ3) is 8.77. The van der Waals surface area contributed by atoms with Crippen molar-refractivity contribution in [2.24, 2.45) is 10.9 Å². The molecule has 0 radical (unpaired) electrons. The van der Waals surface area contributed by atoms with Crippen molar-refractivity contribution in [3.8, 4) is 16.9 Å². The molecule has 0 aliphatic carbocycles. The molecular formula is C29H37FN9O10S2+. The molecule has 2 saturated heterocycles. The first-order valence-electron chi connectivity index (χ1n) is 15.4. The molecule has 1 aromatic carbocycles. The molecule has 51 heavy (non-hydrogen) atoms. The SMILES string of the molecule is CC1(C)[C@H](NC(=O)/C(=N\OC(COc2ccc(-c3cn(CCCN)[n+](CC4(F)CNC4)c3)cc2)C(=O)O)c2csc(N)n2)C(=O)N1OS(=O)(=O)O. The number of benzene rings is 1. The van der Waals surface area contributed by atoms with Crippen molar-refractivity contribution in [1.82, 2.24) is 25.4 Å². The van der Waals surface area contributed by atoms with E-state index in [1.165, 1.54) is 19.2 Å². The van der Waals surface area contributed by atoms with Crippen LogP contribution in [-0.2, 0) is 47.0 Å². The number of hydroxylamine groups is 2. The maximum absolute atomic E-state index is 14.9. The molecule has 2 fully saturated rings. The van der Waals surface area contributed by atoms with Gasteiger partial charge in [0.1, 0.15) is 24.1 Å². The maximum atomic E-state index is 14.9. The number of carboxylic acids is 1. The van der Waals surface area contributed by atoms with E-state index < -0.39 is 63.9 Å². The number of amides is 2. The number of nitrogens with one attached hydrogen (secondary N) is 2. The number of aryl methyl sites for hydroxylation is 1. The Bertz CT molecular complexity index is 1910. The molecule has 3 aromatic rings. The van der Waals surface area contributed by atoms with Crippen LogP contribution in [0.15, 0.2) is 47.2 Å². The Kier molecular flexibility index (Phi) is 10.9. The monoisotopic (exact) mass is 754 g/mol. The van der Waals surface area contributed by atoms with Gasteiger partial charge < -0.3 is 36.8 Å². The van der Waals surface area contributed by atoms with Gasteiger partial charge in [0.2, 0.25) is 12.7 Å². The van der Waals surface area contributed by atoms with Gasteiger partial charge in [-0.2, -0.15) is 18.2 Å². The second-order valence-corrected chi connectivity index (χ2v) is 14.2. The Hall–Kier alpha value is -4.74. The number of oxime groups is 1. The van der Waals surface area contributed by atoms with E-state index in [0.717, 1.165) is 22.5 Å². The van der Waals surface area contributed by atoms with Crippen LogP contribution in [0.25, 0.3) is 11.1 Å². The summed E-state index contributed by atoms with van der Waals surface area (Å²) in [4.78, 5) is 47.0. The average molecular weight is 755 g/mol. The van der Waals surface area contributed by atoms with E-state index in [1.54, 1.807) is 24.3 Å². The zero-order valence-corrected chi connectivity index (χ0v) is 29.0. The minimum Gasteiger partial charge on any atom is -0.489 e. The van der Waals surface area contributed by atoms with Crippen molar-refractivity contribution < 1.29 is 55.4 Å². The molecule has 0 bridgehead atoms. The van der Waals surface area contributed by atoms with Gasteiger partial charge in [-0.15, -0.1) is 20.3 Å². The summed E-state index contributed by atoms with van der Waals surface area (Å²) in [6.07, 6.45) is 2.76. The molecule has 19 nitrogen and oxygen atoms in total. The molecule has 2 aliphatic rings. The number of carbonyl (C=O) groups is 3. The van der Waals surface area contributed by atoms with E-state index in [-0.39, 0.29) is 30.5 Å². The number of rotatable bonds is 17. The Balaban J connectivity index is 1.26. The number of carboxylic acid groups (broad SMARTS) is 1. The molecule has 5 rings (SSSR count). The second-order valence-electron chi connectivity index (χ2n) is 12.3. The van der Waals surface area contributed by atoms with E-state index >= 15 is 0 Å². The van der Waals surface area contributed by atoms with E-state index in [0.29, 0.717) is 30.3 Å². The summed E-state index contributed by atoms with van der Waals surface area (Å²) >= 11 is 0.947. The molecule has 276 valence electrons. The maximum Gasteiger partial charge on any atom is 0.418 e. The third-order valence-corrected chi connectivity index (χ3v) is 9.07. The standard InChI is InChI=1S/C29H36FN9O10S2/c1-28(2)23(25(41)39(28)49-51(44,45)46)35-24(40)22(20-13-50-27(32)34-20)36-48-21(26(42)43)12-47-19-6-4-17(5-7-19)18-10-37(9-3-8-31)38(11-18)16-29(30)14-33-15-29/h4-7,10-11,13,21,23,33H,3,8-9,12,14-16,31H2,1-2H3,(H4-,32,34,35,40,42,43,44,45,46)/p+1/b36-22-/t21?,23-/m1/s1. The minimum atomic E-state index is -5.03. The number of thiazole rings is 1. The molecule has 2 aromatic heterocycles. The van der Waals surface area contributed by atoms with Gasteiger partial charge in [-0.25, -0.2) is 14.2 Å². The quantitative estimate of drug-likeness (QED) is 0.0325. The fraction of sp³-hybridized carbons (Fsp3) is 0.448. The lowest BCUT2D eigenvalue weighted by atomic mass is 9.84. The van der Waals surface area contributed by atoms with E-state index in [2.05, 4.69) is 25.1 Å². The van der Waals surface area contributed by atoms with Crippen LogP contribution in [0.4, 0.5) is 9.52 Å². The zero-order valence-electron chi connectivity index (χ0n) is 27.4. The first kappa shape index (κ1) is 37.5. The minimum absolute atomic E-state index is 0.0452. The molecule has 2 amide bonds. The fourth-order valence-corrected chi connectivity index (χ4v) is 6.23. The number of nitrogen functional groups attached to an aromatic ring is 1. The number of alkyl halides is 1. The third-order valence-electron chi connectivity index (χ3n) is 8.06. The number of hydrogen-bond acceptors (Lipinski definition) is 14. The van der Waals surface area contributed by atoms with Gasteiger partial charge in [0.05, 0.1) is 23.8 Å². The van der Waals surface area contributed by atoms with Crippen molar-refractivity contribution in [2.75, 3.05) is 32.0 Å². The van der Waals surface area contributed by atoms with Crippen LogP contribution in [0, 0.1) is 0 Å². The summed E-state index contributed by atoms with van der Waals surface area (Å²) in [6.45, 7) is 4.01. The summed E-state index contributed by atoms with van der Waals surface area (Å²) in [5.74, 6) is -3.22. The lowest BCUT2D eigenvalue weighted by Gasteiger charge is -2.50. The number of aromatic nitrogens is 3. The van der Waals surface area contributed by atoms with Crippen LogP contribution >= 0.6 is 11.3 Å². The second kappa shape index (κ2) is 14.9. The normalized spacial score (nSPS) is 18.8. The fourth-order valence-electron chi connectivity index (χ4n) is 5.23. The van der Waals surface area contributed by atoms with E-state index in [9.17, 15) is 32.3 Å². The molecule has 0 spiro atoms. The molecular weight excluding hydrogens is 718 g/mol. The summed E-state index contributed by atoms with van der Waals surface area (Å²) < 4.78 is 59.8. The Labute approximate surface area is 294 Å². The van der Waals surface area contributed by atoms with Crippen molar-refractivity contribution in [1.29, 1.82) is 0 Å². The zero-order chi connectivity index (χ0) is 37.1. The van der Waals surface area contributed by atoms with E-state index in [4.69, 9.17) is 25.6 Å². The van der Waals surface area contributed by atoms with Crippen LogP contribution in [-0.4, -0.2) is 106 Å². The number of nitrogens with zero attached hydrogens (tertiary/aromatic N) is 5. The van der Waals surface area contributed by atoms with Gasteiger partial charge in [0, 0.05) is 18.5 Å². The molecule has 2 atom stereocenters. The first-order valence-corrected chi connectivity index (χ1v) is 17.7. The predicted molar refractivity (Wildman–Crippen MR) is 177 cm³/mol. The highest BCUT2D eigenvalue weighted by molar-refractivity contribution is 7.80. The molecule has 2 aliphatic heterocycles. The Morgan fingerprint density at radius 2 is 1.98 bits per heavy atom. The average Bonchev–Trinajstić information content (AvgIpc) is 3.67. The molecule has 1 unspecified atom stereocenters. The number of anilines is 1. The largest absolute Gasteiger partial charge is 0.489 e. The topological polar surface area (TPSA) is 267 Å². The number of halogens is 1. The van der Waals surface area contributed by atoms with Crippen LogP contribution in [0.3, 0.4) is 0 Å². The first-order chi connectivity index (χ1) is 24.0. The van der Waals surface area contributed by atoms with Crippen LogP contribution in [0.1, 0.15) is 26.0 Å². The summed E-state index contributed by atoms with van der Waals surface area (Å²) in [5, 5.41) is 20.6. The highest BCUT2D eigenvalue weighted by atomic mass is 32.3. The smallest absolute Gasteiger partial charge is 0.418 e.